The molecule has 27 heavy (non-hydrogen) atoms. The Morgan fingerprint density at radius 2 is 1.93 bits per heavy atom. The predicted octanol–water partition coefficient (Wildman–Crippen LogP) is 3.85. The van der Waals surface area contributed by atoms with Gasteiger partial charge >= 0.3 is 0 Å². The highest BCUT2D eigenvalue weighted by atomic mass is 16.7. The van der Waals surface area contributed by atoms with Crippen LogP contribution in [0.1, 0.15) is 49.1 Å². The number of ether oxygens (including phenoxy) is 2. The lowest BCUT2D eigenvalue weighted by Gasteiger charge is -2.19. The highest BCUT2D eigenvalue weighted by Crippen LogP contribution is 2.34. The van der Waals surface area contributed by atoms with E-state index in [4.69, 9.17) is 9.47 Å². The molecule has 4 rings (SSSR count). The van der Waals surface area contributed by atoms with Gasteiger partial charge in [0.2, 0.25) is 12.7 Å². The maximum Gasteiger partial charge on any atom is 0.243 e. The first kappa shape index (κ1) is 17.6. The quantitative estimate of drug-likeness (QED) is 0.659. The summed E-state index contributed by atoms with van der Waals surface area (Å²) in [6, 6.07) is 7.98. The van der Waals surface area contributed by atoms with Gasteiger partial charge < -0.3 is 14.0 Å². The molecule has 1 aromatic heterocycles. The number of carbonyl (C=O) groups is 1. The lowest BCUT2D eigenvalue weighted by atomic mass is 9.89. The number of rotatable bonds is 4. The summed E-state index contributed by atoms with van der Waals surface area (Å²) in [6.45, 7) is 4.36. The highest BCUT2D eigenvalue weighted by molar-refractivity contribution is 5.85. The Morgan fingerprint density at radius 1 is 1.15 bits per heavy atom. The molecule has 1 fully saturated rings. The summed E-state index contributed by atoms with van der Waals surface area (Å²) < 4.78 is 13.0. The molecule has 0 saturated heterocycles. The van der Waals surface area contributed by atoms with Gasteiger partial charge in [-0.1, -0.05) is 19.3 Å². The molecule has 6 heteroatoms. The molecule has 0 spiro atoms. The van der Waals surface area contributed by atoms with E-state index < -0.39 is 0 Å². The number of carbonyl (C=O) groups excluding carboxylic acids is 1. The van der Waals surface area contributed by atoms with Crippen LogP contribution >= 0.6 is 0 Å². The molecule has 0 unspecified atom stereocenters. The number of aromatic nitrogens is 1. The van der Waals surface area contributed by atoms with Gasteiger partial charge in [0.25, 0.3) is 0 Å². The van der Waals surface area contributed by atoms with Crippen LogP contribution in [0.4, 0.5) is 0 Å². The van der Waals surface area contributed by atoms with E-state index in [1.165, 1.54) is 6.42 Å². The molecule has 1 aliphatic carbocycles. The van der Waals surface area contributed by atoms with E-state index in [0.717, 1.165) is 59.8 Å². The van der Waals surface area contributed by atoms with Crippen molar-refractivity contribution in [3.63, 3.8) is 0 Å². The Hall–Kier alpha value is -2.76. The van der Waals surface area contributed by atoms with E-state index in [1.807, 2.05) is 25.1 Å². The second-order valence-electron chi connectivity index (χ2n) is 7.27. The Kier molecular flexibility index (Phi) is 4.88. The average Bonchev–Trinajstić information content (AvgIpc) is 3.26. The van der Waals surface area contributed by atoms with Crippen molar-refractivity contribution in [3.05, 3.63) is 41.2 Å². The number of hydrogen-bond acceptors (Lipinski definition) is 4. The second-order valence-corrected chi connectivity index (χ2v) is 7.27. The summed E-state index contributed by atoms with van der Waals surface area (Å²) >= 11 is 0. The van der Waals surface area contributed by atoms with Crippen LogP contribution in [0.5, 0.6) is 11.5 Å². The van der Waals surface area contributed by atoms with E-state index in [-0.39, 0.29) is 18.6 Å². The van der Waals surface area contributed by atoms with Gasteiger partial charge in [-0.05, 0) is 44.9 Å². The van der Waals surface area contributed by atoms with E-state index in [9.17, 15) is 4.79 Å². The minimum Gasteiger partial charge on any atom is -0.454 e. The minimum atomic E-state index is 0.0375. The van der Waals surface area contributed by atoms with E-state index in [1.54, 1.807) is 6.21 Å². The maximum absolute atomic E-state index is 12.2. The number of hydrazone groups is 1. The number of amides is 1. The van der Waals surface area contributed by atoms with Crippen molar-refractivity contribution in [1.29, 1.82) is 0 Å². The van der Waals surface area contributed by atoms with Crippen molar-refractivity contribution in [2.24, 2.45) is 11.0 Å². The van der Waals surface area contributed by atoms with E-state index in [2.05, 4.69) is 28.1 Å². The predicted molar refractivity (Wildman–Crippen MR) is 104 cm³/mol. The zero-order valence-electron chi connectivity index (χ0n) is 15.8. The molecule has 1 amide bonds. The first-order valence-corrected chi connectivity index (χ1v) is 9.55. The lowest BCUT2D eigenvalue weighted by molar-refractivity contribution is -0.125. The van der Waals surface area contributed by atoms with Crippen LogP contribution in [0, 0.1) is 19.8 Å². The highest BCUT2D eigenvalue weighted by Gasteiger charge is 2.20. The Balaban J connectivity index is 1.50. The molecular formula is C21H25N3O3. The van der Waals surface area contributed by atoms with Gasteiger partial charge in [-0.15, -0.1) is 0 Å². The average molecular weight is 367 g/mol. The fraction of sp³-hybridized carbons (Fsp3) is 0.429. The van der Waals surface area contributed by atoms with Crippen LogP contribution in [0.2, 0.25) is 0 Å². The number of fused-ring (bicyclic) bond motifs is 1. The van der Waals surface area contributed by atoms with Gasteiger partial charge in [0, 0.05) is 34.6 Å². The van der Waals surface area contributed by atoms with Crippen molar-refractivity contribution in [2.75, 3.05) is 6.79 Å². The molecular weight excluding hydrogens is 342 g/mol. The fourth-order valence-corrected chi connectivity index (χ4v) is 3.96. The van der Waals surface area contributed by atoms with Gasteiger partial charge in [0.05, 0.1) is 6.21 Å². The molecule has 2 aliphatic rings. The summed E-state index contributed by atoms with van der Waals surface area (Å²) in [7, 11) is 0. The summed E-state index contributed by atoms with van der Waals surface area (Å²) in [5, 5.41) is 4.20. The van der Waals surface area contributed by atoms with Crippen LogP contribution in [0.15, 0.2) is 29.4 Å². The molecule has 0 atom stereocenters. The van der Waals surface area contributed by atoms with Crippen LogP contribution in [0.25, 0.3) is 5.69 Å². The second kappa shape index (κ2) is 7.47. The van der Waals surface area contributed by atoms with Crippen molar-refractivity contribution < 1.29 is 14.3 Å². The smallest absolute Gasteiger partial charge is 0.243 e. The van der Waals surface area contributed by atoms with Gasteiger partial charge in [0.1, 0.15) is 0 Å². The number of benzene rings is 1. The Bertz CT molecular complexity index is 879. The van der Waals surface area contributed by atoms with Crippen LogP contribution in [0.3, 0.4) is 0 Å². The SMILES string of the molecule is Cc1cc(/C=N\NC(=O)C2CCCCC2)c(C)n1-c1ccc2c(c1)OCO2. The third kappa shape index (κ3) is 3.56. The number of nitrogens with one attached hydrogen (secondary N) is 1. The number of hydrogen-bond donors (Lipinski definition) is 1. The van der Waals surface area contributed by atoms with Crippen molar-refractivity contribution >= 4 is 12.1 Å². The van der Waals surface area contributed by atoms with Crippen LogP contribution in [-0.4, -0.2) is 23.5 Å². The minimum absolute atomic E-state index is 0.0375. The first-order chi connectivity index (χ1) is 13.1. The van der Waals surface area contributed by atoms with Crippen LogP contribution < -0.4 is 14.9 Å². The summed E-state index contributed by atoms with van der Waals surface area (Å²) in [4.78, 5) is 12.2. The van der Waals surface area contributed by atoms with Crippen molar-refractivity contribution in [1.82, 2.24) is 9.99 Å². The Labute approximate surface area is 159 Å². The largest absolute Gasteiger partial charge is 0.454 e. The summed E-state index contributed by atoms with van der Waals surface area (Å²) in [5.74, 6) is 1.68. The molecule has 2 aromatic rings. The number of nitrogens with zero attached hydrogens (tertiary/aromatic N) is 2. The van der Waals surface area contributed by atoms with Crippen molar-refractivity contribution in [2.45, 2.75) is 46.0 Å². The topological polar surface area (TPSA) is 64.9 Å². The monoisotopic (exact) mass is 367 g/mol. The lowest BCUT2D eigenvalue weighted by Crippen LogP contribution is -2.28. The maximum atomic E-state index is 12.2. The molecule has 0 radical (unpaired) electrons. The molecule has 1 saturated carbocycles. The van der Waals surface area contributed by atoms with Gasteiger partial charge in [0.15, 0.2) is 11.5 Å². The van der Waals surface area contributed by atoms with E-state index >= 15 is 0 Å². The molecule has 1 N–H and O–H groups in total. The van der Waals surface area contributed by atoms with Crippen LogP contribution in [-0.2, 0) is 4.79 Å². The van der Waals surface area contributed by atoms with Gasteiger partial charge in [-0.2, -0.15) is 5.10 Å². The third-order valence-corrected chi connectivity index (χ3v) is 5.44. The molecule has 6 nitrogen and oxygen atoms in total. The van der Waals surface area contributed by atoms with Gasteiger partial charge in [-0.3, -0.25) is 4.79 Å². The van der Waals surface area contributed by atoms with Gasteiger partial charge in [-0.25, -0.2) is 5.43 Å². The van der Waals surface area contributed by atoms with E-state index in [0.29, 0.717) is 0 Å². The van der Waals surface area contributed by atoms with Crippen molar-refractivity contribution in [3.8, 4) is 17.2 Å². The molecule has 1 aromatic carbocycles. The molecule has 0 bridgehead atoms. The molecule has 2 heterocycles. The standard InChI is InChI=1S/C21H25N3O3/c1-14-10-17(12-22-23-21(25)16-6-4-3-5-7-16)15(2)24(14)18-8-9-19-20(11-18)27-13-26-19/h8-12,16H,3-7,13H2,1-2H3,(H,23,25)/b22-12-. The Morgan fingerprint density at radius 3 is 2.74 bits per heavy atom. The molecule has 142 valence electrons. The summed E-state index contributed by atoms with van der Waals surface area (Å²) in [5.41, 5.74) is 6.86. The first-order valence-electron chi connectivity index (χ1n) is 9.55. The third-order valence-electron chi connectivity index (χ3n) is 5.44. The molecule has 1 aliphatic heterocycles. The zero-order valence-corrected chi connectivity index (χ0v) is 15.8. The normalized spacial score (nSPS) is 16.8. The number of aryl methyl sites for hydroxylation is 1. The fourth-order valence-electron chi connectivity index (χ4n) is 3.96. The zero-order chi connectivity index (χ0) is 18.8. The summed E-state index contributed by atoms with van der Waals surface area (Å²) in [6.07, 6.45) is 7.18.